The van der Waals surface area contributed by atoms with Gasteiger partial charge in [0, 0.05) is 36.7 Å². The Bertz CT molecular complexity index is 1710. The Kier molecular flexibility index (Phi) is 8.21. The summed E-state index contributed by atoms with van der Waals surface area (Å²) in [5.41, 5.74) is 2.38. The number of carbonyl (C=O) groups is 1. The van der Waals surface area contributed by atoms with Crippen LogP contribution in [-0.4, -0.2) is 27.1 Å². The monoisotopic (exact) mass is 546 g/mol. The van der Waals surface area contributed by atoms with Gasteiger partial charge in [-0.15, -0.1) is 0 Å². The summed E-state index contributed by atoms with van der Waals surface area (Å²) >= 11 is 0. The first-order chi connectivity index (χ1) is 20.0. The molecule has 0 radical (unpaired) electrons. The average Bonchev–Trinajstić information content (AvgIpc) is 3.43. The molecule has 9 heteroatoms. The lowest BCUT2D eigenvalue weighted by molar-refractivity contribution is 0.0525. The number of carbonyl (C=O) groups excluding carboxylic acids is 1. The van der Waals surface area contributed by atoms with Gasteiger partial charge in [0.2, 0.25) is 11.8 Å². The largest absolute Gasteiger partial charge is 0.485 e. The lowest BCUT2D eigenvalue weighted by atomic mass is 10.2. The van der Waals surface area contributed by atoms with Crippen molar-refractivity contribution in [2.45, 2.75) is 20.5 Å². The molecule has 0 saturated heterocycles. The first kappa shape index (κ1) is 27.0. The van der Waals surface area contributed by atoms with E-state index in [-0.39, 0.29) is 29.7 Å². The zero-order valence-corrected chi connectivity index (χ0v) is 22.5. The summed E-state index contributed by atoms with van der Waals surface area (Å²) in [7, 11) is 0. The SMILES string of the molecule is CCOC(=O)c1cc(Oc2cccc(-n3ccnc3C)c2)nc(Oc2cc(C#N)ccc2OCc2ccccc2)c1. The zero-order valence-electron chi connectivity index (χ0n) is 22.5. The molecule has 2 heterocycles. The molecule has 5 rings (SSSR count). The van der Waals surface area contributed by atoms with Crippen LogP contribution in [0.15, 0.2) is 97.3 Å². The van der Waals surface area contributed by atoms with Crippen molar-refractivity contribution in [2.75, 3.05) is 6.61 Å². The van der Waals surface area contributed by atoms with Gasteiger partial charge in [0.1, 0.15) is 18.2 Å². The summed E-state index contributed by atoms with van der Waals surface area (Å²) in [6.45, 7) is 4.11. The molecule has 2 aromatic heterocycles. The minimum atomic E-state index is -0.557. The van der Waals surface area contributed by atoms with Crippen LogP contribution in [0.3, 0.4) is 0 Å². The minimum Gasteiger partial charge on any atom is -0.485 e. The highest BCUT2D eigenvalue weighted by molar-refractivity contribution is 5.90. The van der Waals surface area contributed by atoms with E-state index < -0.39 is 5.97 Å². The molecule has 0 bridgehead atoms. The van der Waals surface area contributed by atoms with E-state index >= 15 is 0 Å². The highest BCUT2D eigenvalue weighted by atomic mass is 16.5. The van der Waals surface area contributed by atoms with Gasteiger partial charge in [-0.3, -0.25) is 0 Å². The average molecular weight is 547 g/mol. The van der Waals surface area contributed by atoms with Crippen molar-refractivity contribution in [3.8, 4) is 40.8 Å². The Morgan fingerprint density at radius 3 is 2.46 bits per heavy atom. The van der Waals surface area contributed by atoms with Gasteiger partial charge in [-0.25, -0.2) is 9.78 Å². The normalized spacial score (nSPS) is 10.5. The van der Waals surface area contributed by atoms with E-state index in [0.29, 0.717) is 23.7 Å². The highest BCUT2D eigenvalue weighted by Gasteiger charge is 2.16. The Labute approximate surface area is 237 Å². The van der Waals surface area contributed by atoms with Crippen LogP contribution in [0.25, 0.3) is 5.69 Å². The van der Waals surface area contributed by atoms with Crippen LogP contribution in [0.5, 0.6) is 29.0 Å². The van der Waals surface area contributed by atoms with E-state index in [0.717, 1.165) is 17.1 Å². The number of ether oxygens (including phenoxy) is 4. The Hall–Kier alpha value is -5.62. The zero-order chi connectivity index (χ0) is 28.6. The molecule has 0 N–H and O–H groups in total. The molecule has 3 aromatic carbocycles. The van der Waals surface area contributed by atoms with Gasteiger partial charge in [-0.2, -0.15) is 10.2 Å². The van der Waals surface area contributed by atoms with Gasteiger partial charge < -0.3 is 23.5 Å². The van der Waals surface area contributed by atoms with Crippen LogP contribution >= 0.6 is 0 Å². The van der Waals surface area contributed by atoms with Crippen molar-refractivity contribution < 1.29 is 23.7 Å². The molecule has 0 aliphatic heterocycles. The predicted molar refractivity (Wildman–Crippen MR) is 151 cm³/mol. The van der Waals surface area contributed by atoms with Gasteiger partial charge in [-0.05, 0) is 43.7 Å². The minimum absolute atomic E-state index is 0.0619. The van der Waals surface area contributed by atoms with Crippen molar-refractivity contribution in [1.29, 1.82) is 5.26 Å². The predicted octanol–water partition coefficient (Wildman–Crippen LogP) is 6.79. The van der Waals surface area contributed by atoms with Crippen molar-refractivity contribution >= 4 is 5.97 Å². The number of aryl methyl sites for hydroxylation is 1. The molecule has 0 atom stereocenters. The molecule has 5 aromatic rings. The molecule has 204 valence electrons. The third-order valence-corrected chi connectivity index (χ3v) is 5.96. The second-order valence-corrected chi connectivity index (χ2v) is 8.85. The van der Waals surface area contributed by atoms with E-state index in [2.05, 4.69) is 16.0 Å². The fraction of sp³-hybridized carbons (Fsp3) is 0.125. The fourth-order valence-electron chi connectivity index (χ4n) is 4.01. The van der Waals surface area contributed by atoms with E-state index in [1.54, 1.807) is 37.4 Å². The van der Waals surface area contributed by atoms with Gasteiger partial charge in [-0.1, -0.05) is 36.4 Å². The fourth-order valence-corrected chi connectivity index (χ4v) is 4.01. The summed E-state index contributed by atoms with van der Waals surface area (Å²) in [5, 5.41) is 9.47. The highest BCUT2D eigenvalue weighted by Crippen LogP contribution is 2.34. The van der Waals surface area contributed by atoms with Crippen molar-refractivity contribution in [1.82, 2.24) is 14.5 Å². The van der Waals surface area contributed by atoms with E-state index in [9.17, 15) is 10.1 Å². The third kappa shape index (κ3) is 6.69. The van der Waals surface area contributed by atoms with Crippen molar-refractivity contribution in [3.05, 3.63) is 120 Å². The van der Waals surface area contributed by atoms with E-state index in [4.69, 9.17) is 18.9 Å². The Morgan fingerprint density at radius 1 is 0.927 bits per heavy atom. The van der Waals surface area contributed by atoms with Crippen LogP contribution in [0.4, 0.5) is 0 Å². The molecule has 0 fully saturated rings. The van der Waals surface area contributed by atoms with Gasteiger partial charge >= 0.3 is 5.97 Å². The van der Waals surface area contributed by atoms with Crippen LogP contribution in [-0.2, 0) is 11.3 Å². The van der Waals surface area contributed by atoms with Gasteiger partial charge in [0.25, 0.3) is 0 Å². The smallest absolute Gasteiger partial charge is 0.338 e. The Morgan fingerprint density at radius 2 is 1.73 bits per heavy atom. The van der Waals surface area contributed by atoms with Crippen molar-refractivity contribution in [3.63, 3.8) is 0 Å². The second-order valence-electron chi connectivity index (χ2n) is 8.85. The lowest BCUT2D eigenvalue weighted by Gasteiger charge is -2.14. The maximum absolute atomic E-state index is 12.7. The lowest BCUT2D eigenvalue weighted by Crippen LogP contribution is -2.06. The molecule has 9 nitrogen and oxygen atoms in total. The number of benzene rings is 3. The quantitative estimate of drug-likeness (QED) is 0.176. The standard InChI is InChI=1S/C32H26N4O5/c1-3-38-32(37)25-17-30(40-27-11-7-10-26(19-27)36-15-14-34-22(36)2)35-31(18-25)41-29-16-24(20-33)12-13-28(29)39-21-23-8-5-4-6-9-23/h4-19H,3,21H2,1-2H3. The first-order valence-corrected chi connectivity index (χ1v) is 12.9. The number of esters is 1. The first-order valence-electron chi connectivity index (χ1n) is 12.9. The number of imidazole rings is 1. The maximum atomic E-state index is 12.7. The molecule has 0 aliphatic rings. The number of rotatable bonds is 10. The molecular formula is C32H26N4O5. The van der Waals surface area contributed by atoms with Crippen LogP contribution in [0.2, 0.25) is 0 Å². The van der Waals surface area contributed by atoms with E-state index in [1.165, 1.54) is 12.1 Å². The summed E-state index contributed by atoms with van der Waals surface area (Å²) in [6.07, 6.45) is 3.57. The molecule has 0 aliphatic carbocycles. The Balaban J connectivity index is 1.46. The van der Waals surface area contributed by atoms with Crippen molar-refractivity contribution in [2.24, 2.45) is 0 Å². The maximum Gasteiger partial charge on any atom is 0.338 e. The van der Waals surface area contributed by atoms with Gasteiger partial charge in [0.15, 0.2) is 11.5 Å². The summed E-state index contributed by atoms with van der Waals surface area (Å²) in [5.74, 6) is 1.61. The summed E-state index contributed by atoms with van der Waals surface area (Å²) < 4.78 is 25.3. The third-order valence-electron chi connectivity index (χ3n) is 5.96. The number of hydrogen-bond acceptors (Lipinski definition) is 8. The number of pyridine rings is 1. The number of nitriles is 1. The molecular weight excluding hydrogens is 520 g/mol. The molecule has 0 amide bonds. The van der Waals surface area contributed by atoms with Crippen LogP contribution in [0, 0.1) is 18.3 Å². The number of aromatic nitrogens is 3. The molecule has 0 unspecified atom stereocenters. The number of hydrogen-bond donors (Lipinski definition) is 0. The van der Waals surface area contributed by atoms with E-state index in [1.807, 2.05) is 66.2 Å². The summed E-state index contributed by atoms with van der Waals surface area (Å²) in [6, 6.07) is 26.9. The molecule has 0 spiro atoms. The summed E-state index contributed by atoms with van der Waals surface area (Å²) in [4.78, 5) is 21.4. The van der Waals surface area contributed by atoms with Crippen LogP contribution in [0.1, 0.15) is 34.2 Å². The molecule has 41 heavy (non-hydrogen) atoms. The van der Waals surface area contributed by atoms with Crippen LogP contribution < -0.4 is 14.2 Å². The number of nitrogens with zero attached hydrogens (tertiary/aromatic N) is 4. The van der Waals surface area contributed by atoms with Gasteiger partial charge in [0.05, 0.1) is 29.5 Å². The second kappa shape index (κ2) is 12.5. The topological polar surface area (TPSA) is 108 Å². The molecule has 0 saturated carbocycles.